The zero-order valence-electron chi connectivity index (χ0n) is 15.6. The van der Waals surface area contributed by atoms with Crippen LogP contribution in [-0.4, -0.2) is 37.1 Å². The van der Waals surface area contributed by atoms with Gasteiger partial charge in [-0.2, -0.15) is 0 Å². The first-order chi connectivity index (χ1) is 13.4. The molecule has 0 heterocycles. The molecule has 1 atom stereocenters. The summed E-state index contributed by atoms with van der Waals surface area (Å²) in [6, 6.07) is 12.8. The second kappa shape index (κ2) is 9.96. The van der Waals surface area contributed by atoms with E-state index in [1.807, 2.05) is 6.92 Å². The predicted octanol–water partition coefficient (Wildman–Crippen LogP) is 2.13. The first-order valence-electron chi connectivity index (χ1n) is 8.65. The molecule has 148 valence electrons. The molecule has 8 nitrogen and oxygen atoms in total. The Morgan fingerprint density at radius 2 is 1.54 bits per heavy atom. The summed E-state index contributed by atoms with van der Waals surface area (Å²) in [6.45, 7) is 3.66. The molecular formula is C20H22N2O6. The van der Waals surface area contributed by atoms with Crippen LogP contribution in [0, 0.1) is 0 Å². The van der Waals surface area contributed by atoms with Crippen molar-refractivity contribution in [1.82, 2.24) is 0 Å². The van der Waals surface area contributed by atoms with Gasteiger partial charge in [-0.3, -0.25) is 9.59 Å². The topological polar surface area (TPSA) is 117 Å². The van der Waals surface area contributed by atoms with Gasteiger partial charge in [-0.1, -0.05) is 0 Å². The van der Waals surface area contributed by atoms with Crippen LogP contribution in [0.3, 0.4) is 0 Å². The fraction of sp³-hybridized carbons (Fsp3) is 0.250. The van der Waals surface area contributed by atoms with E-state index in [0.29, 0.717) is 23.8 Å². The Kier molecular flexibility index (Phi) is 7.38. The van der Waals surface area contributed by atoms with Crippen molar-refractivity contribution in [3.05, 3.63) is 54.1 Å². The van der Waals surface area contributed by atoms with Crippen molar-refractivity contribution < 1.29 is 28.6 Å². The summed E-state index contributed by atoms with van der Waals surface area (Å²) in [7, 11) is 0. The second-order valence-corrected chi connectivity index (χ2v) is 5.77. The maximum atomic E-state index is 12.2. The number of nitrogens with one attached hydrogen (secondary N) is 1. The minimum absolute atomic E-state index is 0.243. The van der Waals surface area contributed by atoms with Gasteiger partial charge in [-0.05, 0) is 62.4 Å². The summed E-state index contributed by atoms with van der Waals surface area (Å²) >= 11 is 0. The van der Waals surface area contributed by atoms with Gasteiger partial charge in [0, 0.05) is 5.69 Å². The molecule has 8 heteroatoms. The van der Waals surface area contributed by atoms with Crippen molar-refractivity contribution >= 4 is 23.5 Å². The van der Waals surface area contributed by atoms with Crippen LogP contribution in [0.15, 0.2) is 48.5 Å². The van der Waals surface area contributed by atoms with Crippen LogP contribution < -0.4 is 20.5 Å². The molecular weight excluding hydrogens is 364 g/mol. The van der Waals surface area contributed by atoms with E-state index in [1.54, 1.807) is 24.3 Å². The average molecular weight is 386 g/mol. The third-order valence-electron chi connectivity index (χ3n) is 3.56. The average Bonchev–Trinajstić information content (AvgIpc) is 2.68. The molecule has 3 N–H and O–H groups in total. The summed E-state index contributed by atoms with van der Waals surface area (Å²) in [4.78, 5) is 35.1. The van der Waals surface area contributed by atoms with Crippen molar-refractivity contribution in [3.63, 3.8) is 0 Å². The first kappa shape index (κ1) is 20.8. The maximum Gasteiger partial charge on any atom is 0.338 e. The summed E-state index contributed by atoms with van der Waals surface area (Å²) < 4.78 is 15.6. The number of amides is 2. The van der Waals surface area contributed by atoms with Crippen molar-refractivity contribution in [2.45, 2.75) is 20.0 Å². The Balaban J connectivity index is 1.88. The summed E-state index contributed by atoms with van der Waals surface area (Å²) in [5.74, 6) is -0.634. The van der Waals surface area contributed by atoms with Gasteiger partial charge in [0.1, 0.15) is 11.5 Å². The highest BCUT2D eigenvalue weighted by molar-refractivity contribution is 5.97. The van der Waals surface area contributed by atoms with E-state index >= 15 is 0 Å². The molecule has 0 bridgehead atoms. The van der Waals surface area contributed by atoms with Gasteiger partial charge in [-0.15, -0.1) is 0 Å². The Labute approximate surface area is 162 Å². The fourth-order valence-electron chi connectivity index (χ4n) is 2.17. The lowest BCUT2D eigenvalue weighted by atomic mass is 10.2. The van der Waals surface area contributed by atoms with Crippen LogP contribution in [0.2, 0.25) is 0 Å². The zero-order valence-corrected chi connectivity index (χ0v) is 15.6. The Hall–Kier alpha value is -3.55. The quantitative estimate of drug-likeness (QED) is 0.638. The molecule has 2 aromatic carbocycles. The lowest BCUT2D eigenvalue weighted by molar-refractivity contribution is -0.123. The molecule has 2 rings (SSSR count). The van der Waals surface area contributed by atoms with Crippen LogP contribution >= 0.6 is 0 Å². The van der Waals surface area contributed by atoms with Gasteiger partial charge in [-0.25, -0.2) is 4.79 Å². The third kappa shape index (κ3) is 6.31. The number of hydrogen-bond donors (Lipinski definition) is 2. The van der Waals surface area contributed by atoms with Crippen molar-refractivity contribution in [3.8, 4) is 11.5 Å². The highest BCUT2D eigenvalue weighted by Gasteiger charge is 2.19. The summed E-state index contributed by atoms with van der Waals surface area (Å²) in [5, 5.41) is 2.67. The van der Waals surface area contributed by atoms with E-state index in [0.717, 1.165) is 0 Å². The number of carbonyl (C=O) groups excluding carboxylic acids is 3. The molecule has 0 aromatic heterocycles. The molecule has 0 radical (unpaired) electrons. The van der Waals surface area contributed by atoms with E-state index in [9.17, 15) is 14.4 Å². The molecule has 28 heavy (non-hydrogen) atoms. The van der Waals surface area contributed by atoms with Gasteiger partial charge < -0.3 is 25.3 Å². The molecule has 2 aromatic rings. The van der Waals surface area contributed by atoms with E-state index in [4.69, 9.17) is 19.9 Å². The lowest BCUT2D eigenvalue weighted by Gasteiger charge is -2.14. The van der Waals surface area contributed by atoms with Crippen LogP contribution in [0.1, 0.15) is 24.2 Å². The van der Waals surface area contributed by atoms with Crippen LogP contribution in [-0.2, 0) is 14.3 Å². The van der Waals surface area contributed by atoms with Crippen LogP contribution in [0.4, 0.5) is 5.69 Å². The summed E-state index contributed by atoms with van der Waals surface area (Å²) in [5.41, 5.74) is 5.80. The molecule has 2 amide bonds. The number of carbonyl (C=O) groups is 3. The van der Waals surface area contributed by atoms with E-state index in [-0.39, 0.29) is 12.2 Å². The molecule has 0 saturated carbocycles. The lowest BCUT2D eigenvalue weighted by Crippen LogP contribution is -2.30. The molecule has 0 unspecified atom stereocenters. The molecule has 0 aliphatic rings. The van der Waals surface area contributed by atoms with Crippen molar-refractivity contribution in [2.75, 3.05) is 18.5 Å². The molecule has 0 aliphatic heterocycles. The molecule has 0 fully saturated rings. The Morgan fingerprint density at radius 1 is 0.964 bits per heavy atom. The molecule has 0 aliphatic carbocycles. The van der Waals surface area contributed by atoms with Gasteiger partial charge in [0.15, 0.2) is 12.7 Å². The van der Waals surface area contributed by atoms with E-state index in [2.05, 4.69) is 5.32 Å². The predicted molar refractivity (Wildman–Crippen MR) is 102 cm³/mol. The van der Waals surface area contributed by atoms with E-state index in [1.165, 1.54) is 31.2 Å². The van der Waals surface area contributed by atoms with Crippen molar-refractivity contribution in [1.29, 1.82) is 0 Å². The SMILES string of the molecule is CCOc1ccc(NC(=O)[C@@H](C)OC(=O)c2ccc(OCC(N)=O)cc2)cc1. The second-order valence-electron chi connectivity index (χ2n) is 5.77. The highest BCUT2D eigenvalue weighted by atomic mass is 16.5. The number of esters is 1. The van der Waals surface area contributed by atoms with Gasteiger partial charge in [0.05, 0.1) is 12.2 Å². The van der Waals surface area contributed by atoms with Crippen LogP contribution in [0.5, 0.6) is 11.5 Å². The zero-order chi connectivity index (χ0) is 20.5. The number of anilines is 1. The summed E-state index contributed by atoms with van der Waals surface area (Å²) in [6.07, 6.45) is -0.996. The first-order valence-corrected chi connectivity index (χ1v) is 8.65. The number of benzene rings is 2. The Morgan fingerprint density at radius 3 is 2.11 bits per heavy atom. The number of nitrogens with two attached hydrogens (primary N) is 1. The number of rotatable bonds is 9. The highest BCUT2D eigenvalue weighted by Crippen LogP contribution is 2.17. The molecule has 0 spiro atoms. The van der Waals surface area contributed by atoms with Crippen LogP contribution in [0.25, 0.3) is 0 Å². The minimum atomic E-state index is -0.996. The van der Waals surface area contributed by atoms with Gasteiger partial charge in [0.25, 0.3) is 11.8 Å². The Bertz CT molecular complexity index is 818. The monoisotopic (exact) mass is 386 g/mol. The van der Waals surface area contributed by atoms with Crippen molar-refractivity contribution in [2.24, 2.45) is 5.73 Å². The smallest absolute Gasteiger partial charge is 0.338 e. The van der Waals surface area contributed by atoms with Gasteiger partial charge in [0.2, 0.25) is 0 Å². The van der Waals surface area contributed by atoms with E-state index < -0.39 is 23.9 Å². The normalized spacial score (nSPS) is 11.2. The number of primary amides is 1. The largest absolute Gasteiger partial charge is 0.494 e. The number of hydrogen-bond acceptors (Lipinski definition) is 6. The minimum Gasteiger partial charge on any atom is -0.494 e. The standard InChI is InChI=1S/C20H22N2O6/c1-3-26-16-10-6-15(7-11-16)22-19(24)13(2)28-20(25)14-4-8-17(9-5-14)27-12-18(21)23/h4-11,13H,3,12H2,1-2H3,(H2,21,23)(H,22,24)/t13-/m1/s1. The van der Waals surface area contributed by atoms with Gasteiger partial charge >= 0.3 is 5.97 Å². The number of ether oxygens (including phenoxy) is 3. The molecule has 0 saturated heterocycles. The third-order valence-corrected chi connectivity index (χ3v) is 3.56. The maximum absolute atomic E-state index is 12.2. The fourth-order valence-corrected chi connectivity index (χ4v) is 2.17.